The van der Waals surface area contributed by atoms with Gasteiger partial charge in [0.25, 0.3) is 0 Å². The van der Waals surface area contributed by atoms with Crippen LogP contribution in [0.25, 0.3) is 4.85 Å². The van der Waals surface area contributed by atoms with E-state index in [0.29, 0.717) is 23.8 Å². The van der Waals surface area contributed by atoms with Gasteiger partial charge in [-0.25, -0.2) is 4.85 Å². The van der Waals surface area contributed by atoms with Gasteiger partial charge in [0, 0.05) is 17.9 Å². The smallest absolute Gasteiger partial charge is 0.360 e. The molecule has 3 rings (SSSR count). The molecule has 0 bridgehead atoms. The van der Waals surface area contributed by atoms with E-state index in [9.17, 15) is 18.0 Å². The minimum Gasteiger partial charge on any atom is -0.360 e. The van der Waals surface area contributed by atoms with Crippen molar-refractivity contribution in [2.24, 2.45) is 5.92 Å². The monoisotopic (exact) mass is 387 g/mol. The zero-order chi connectivity index (χ0) is 20.3. The van der Waals surface area contributed by atoms with Gasteiger partial charge in [-0.1, -0.05) is 24.3 Å². The van der Waals surface area contributed by atoms with E-state index in [0.717, 1.165) is 18.9 Å². The Morgan fingerprint density at radius 2 is 1.93 bits per heavy atom. The topological polar surface area (TPSA) is 36.7 Å². The van der Waals surface area contributed by atoms with Crippen LogP contribution in [0.15, 0.2) is 48.5 Å². The van der Waals surface area contributed by atoms with Crippen molar-refractivity contribution >= 4 is 23.0 Å². The van der Waals surface area contributed by atoms with Crippen LogP contribution in [0.2, 0.25) is 0 Å². The maximum Gasteiger partial charge on any atom is 0.407 e. The average Bonchev–Trinajstić information content (AvgIpc) is 3.49. The van der Waals surface area contributed by atoms with Crippen LogP contribution in [0, 0.1) is 12.5 Å². The van der Waals surface area contributed by atoms with E-state index in [1.807, 2.05) is 6.07 Å². The number of para-hydroxylation sites is 1. The van der Waals surface area contributed by atoms with Crippen LogP contribution >= 0.6 is 0 Å². The summed E-state index contributed by atoms with van der Waals surface area (Å²) in [5.74, 6) is 0.0662. The molecule has 1 fully saturated rings. The number of alkyl halides is 3. The van der Waals surface area contributed by atoms with Crippen LogP contribution in [0.3, 0.4) is 0 Å². The molecular weight excluding hydrogens is 367 g/mol. The highest BCUT2D eigenvalue weighted by Gasteiger charge is 2.35. The normalized spacial score (nSPS) is 14.8. The predicted octanol–water partition coefficient (Wildman–Crippen LogP) is 5.50. The lowest BCUT2D eigenvalue weighted by molar-refractivity contribution is -0.136. The first kappa shape index (κ1) is 19.7. The molecule has 1 aliphatic carbocycles. The molecular formula is C21H20F3N3O. The first-order valence-corrected chi connectivity index (χ1v) is 9.01. The predicted molar refractivity (Wildman–Crippen MR) is 102 cm³/mol. The van der Waals surface area contributed by atoms with Gasteiger partial charge in [0.15, 0.2) is 5.69 Å². The highest BCUT2D eigenvalue weighted by Crippen LogP contribution is 2.40. The van der Waals surface area contributed by atoms with Gasteiger partial charge in [-0.2, -0.15) is 13.2 Å². The Labute approximate surface area is 161 Å². The second-order valence-electron chi connectivity index (χ2n) is 6.94. The van der Waals surface area contributed by atoms with Crippen molar-refractivity contribution in [1.82, 2.24) is 0 Å². The number of hydrogen-bond donors (Lipinski definition) is 1. The van der Waals surface area contributed by atoms with E-state index in [2.05, 4.69) is 10.2 Å². The fourth-order valence-corrected chi connectivity index (χ4v) is 3.00. The molecule has 0 aromatic heterocycles. The van der Waals surface area contributed by atoms with Crippen LogP contribution in [0.5, 0.6) is 0 Å². The average molecular weight is 387 g/mol. The molecule has 7 heteroatoms. The van der Waals surface area contributed by atoms with E-state index in [1.54, 1.807) is 36.1 Å². The third kappa shape index (κ3) is 4.63. The van der Waals surface area contributed by atoms with Crippen molar-refractivity contribution in [2.75, 3.05) is 16.8 Å². The first-order valence-electron chi connectivity index (χ1n) is 9.01. The number of nitrogens with one attached hydrogen (secondary N) is 1. The summed E-state index contributed by atoms with van der Waals surface area (Å²) in [7, 11) is 0. The Morgan fingerprint density at radius 1 is 1.25 bits per heavy atom. The summed E-state index contributed by atoms with van der Waals surface area (Å²) in [6.45, 7) is 9.17. The van der Waals surface area contributed by atoms with Crippen LogP contribution in [0.1, 0.15) is 25.3 Å². The number of rotatable bonds is 6. The molecule has 1 saturated carbocycles. The van der Waals surface area contributed by atoms with Gasteiger partial charge in [0.05, 0.1) is 12.1 Å². The lowest BCUT2D eigenvalue weighted by Crippen LogP contribution is -2.43. The van der Waals surface area contributed by atoms with E-state index in [-0.39, 0.29) is 5.91 Å². The molecule has 0 aliphatic heterocycles. The van der Waals surface area contributed by atoms with Gasteiger partial charge < -0.3 is 10.2 Å². The standard InChI is InChI=1S/C21H20F3N3O/c1-14(20(28)26-16-6-4-3-5-7-16)27(13-15-8-9-15)17-10-11-19(25-2)18(12-17)21(22,23)24/h3-7,10-12,14-15H,8-9,13H2,1H3,(H,26,28). The van der Waals surface area contributed by atoms with Crippen LogP contribution in [-0.2, 0) is 11.0 Å². The molecule has 1 amide bonds. The van der Waals surface area contributed by atoms with Gasteiger partial charge in [0.1, 0.15) is 6.04 Å². The highest BCUT2D eigenvalue weighted by atomic mass is 19.4. The number of nitrogens with zero attached hydrogens (tertiary/aromatic N) is 2. The van der Waals surface area contributed by atoms with Gasteiger partial charge >= 0.3 is 6.18 Å². The summed E-state index contributed by atoms with van der Waals surface area (Å²) in [6, 6.07) is 11.9. The number of amides is 1. The zero-order valence-electron chi connectivity index (χ0n) is 15.3. The van der Waals surface area contributed by atoms with Crippen molar-refractivity contribution in [2.45, 2.75) is 32.0 Å². The van der Waals surface area contributed by atoms with E-state index < -0.39 is 23.5 Å². The van der Waals surface area contributed by atoms with Crippen LogP contribution in [-0.4, -0.2) is 18.5 Å². The Balaban J connectivity index is 1.89. The fourth-order valence-electron chi connectivity index (χ4n) is 3.00. The minimum atomic E-state index is -4.63. The van der Waals surface area contributed by atoms with Crippen molar-refractivity contribution in [3.63, 3.8) is 0 Å². The lowest BCUT2D eigenvalue weighted by atomic mass is 10.1. The lowest BCUT2D eigenvalue weighted by Gasteiger charge is -2.31. The zero-order valence-corrected chi connectivity index (χ0v) is 15.3. The Morgan fingerprint density at radius 3 is 2.50 bits per heavy atom. The van der Waals surface area contributed by atoms with E-state index in [1.165, 1.54) is 12.1 Å². The molecule has 0 saturated heterocycles. The van der Waals surface area contributed by atoms with E-state index >= 15 is 0 Å². The van der Waals surface area contributed by atoms with Crippen molar-refractivity contribution in [3.05, 3.63) is 65.5 Å². The number of anilines is 2. The number of carbonyl (C=O) groups is 1. The molecule has 4 nitrogen and oxygen atoms in total. The van der Waals surface area contributed by atoms with Crippen molar-refractivity contribution in [1.29, 1.82) is 0 Å². The number of benzene rings is 2. The summed E-state index contributed by atoms with van der Waals surface area (Å²) in [5, 5.41) is 2.80. The summed E-state index contributed by atoms with van der Waals surface area (Å²) in [4.78, 5) is 17.4. The first-order chi connectivity index (χ1) is 13.3. The van der Waals surface area contributed by atoms with Gasteiger partial charge in [-0.05, 0) is 49.9 Å². The summed E-state index contributed by atoms with van der Waals surface area (Å²) in [5.41, 5.74) is -0.493. The molecule has 1 N–H and O–H groups in total. The van der Waals surface area contributed by atoms with Gasteiger partial charge in [0.2, 0.25) is 5.91 Å². The molecule has 1 atom stereocenters. The Bertz CT molecular complexity index is 886. The highest BCUT2D eigenvalue weighted by molar-refractivity contribution is 5.96. The number of halogens is 3. The molecule has 0 heterocycles. The van der Waals surface area contributed by atoms with Crippen LogP contribution < -0.4 is 10.2 Å². The maximum absolute atomic E-state index is 13.4. The largest absolute Gasteiger partial charge is 0.407 e. The summed E-state index contributed by atoms with van der Waals surface area (Å²) >= 11 is 0. The fraction of sp³-hybridized carbons (Fsp3) is 0.333. The minimum absolute atomic E-state index is 0.294. The van der Waals surface area contributed by atoms with Gasteiger partial charge in [-0.3, -0.25) is 4.79 Å². The Hall–Kier alpha value is -3.01. The molecule has 28 heavy (non-hydrogen) atoms. The molecule has 0 spiro atoms. The number of hydrogen-bond acceptors (Lipinski definition) is 2. The Kier molecular flexibility index (Phi) is 5.59. The van der Waals surface area contributed by atoms with Crippen molar-refractivity contribution in [3.8, 4) is 0 Å². The third-order valence-corrected chi connectivity index (χ3v) is 4.78. The summed E-state index contributed by atoms with van der Waals surface area (Å²) < 4.78 is 40.1. The van der Waals surface area contributed by atoms with E-state index in [4.69, 9.17) is 6.57 Å². The quantitative estimate of drug-likeness (QED) is 0.665. The molecule has 1 unspecified atom stereocenters. The molecule has 1 aliphatic rings. The van der Waals surface area contributed by atoms with Crippen LogP contribution in [0.4, 0.5) is 30.2 Å². The number of carbonyl (C=O) groups excluding carboxylic acids is 1. The third-order valence-electron chi connectivity index (χ3n) is 4.78. The second-order valence-corrected chi connectivity index (χ2v) is 6.94. The SMILES string of the molecule is [C-]#[N+]c1ccc(N(CC2CC2)C(C)C(=O)Nc2ccccc2)cc1C(F)(F)F. The maximum atomic E-state index is 13.4. The molecule has 0 radical (unpaired) electrons. The molecule has 2 aromatic carbocycles. The van der Waals surface area contributed by atoms with Crippen molar-refractivity contribution < 1.29 is 18.0 Å². The second kappa shape index (κ2) is 7.93. The summed E-state index contributed by atoms with van der Waals surface area (Å²) in [6.07, 6.45) is -2.64. The molecule has 146 valence electrons. The molecule has 2 aromatic rings. The van der Waals surface area contributed by atoms with Gasteiger partial charge in [-0.15, -0.1) is 0 Å².